The Hall–Kier alpha value is -2.01. The Bertz CT molecular complexity index is 573. The quantitative estimate of drug-likeness (QED) is 0.911. The third kappa shape index (κ3) is 2.62. The fourth-order valence-corrected chi connectivity index (χ4v) is 1.47. The summed E-state index contributed by atoms with van der Waals surface area (Å²) in [4.78, 5) is 3.94. The van der Waals surface area contributed by atoms with Crippen LogP contribution in [0.25, 0.3) is 0 Å². The predicted molar refractivity (Wildman–Crippen MR) is 61.3 cm³/mol. The maximum absolute atomic E-state index is 13.4. The Morgan fingerprint density at radius 1 is 1.28 bits per heavy atom. The highest BCUT2D eigenvalue weighted by atomic mass is 19.1. The number of aromatic nitrogens is 1. The van der Waals surface area contributed by atoms with Crippen molar-refractivity contribution in [2.75, 3.05) is 0 Å². The van der Waals surface area contributed by atoms with Crippen LogP contribution in [0.1, 0.15) is 11.1 Å². The molecular weight excluding hydrogens is 240 g/mol. The Balaban J connectivity index is 2.31. The number of halogens is 2. The molecule has 0 atom stereocenters. The van der Waals surface area contributed by atoms with E-state index in [-0.39, 0.29) is 18.2 Å². The number of hydrogen-bond donors (Lipinski definition) is 1. The van der Waals surface area contributed by atoms with E-state index in [9.17, 15) is 8.78 Å². The summed E-state index contributed by atoms with van der Waals surface area (Å²) in [5.74, 6) is -1.29. The number of ether oxygens (including phenoxy) is 1. The third-order valence-electron chi connectivity index (χ3n) is 2.37. The van der Waals surface area contributed by atoms with Crippen LogP contribution in [-0.4, -0.2) is 10.1 Å². The van der Waals surface area contributed by atoms with Gasteiger partial charge in [-0.1, -0.05) is 0 Å². The van der Waals surface area contributed by atoms with Crippen LogP contribution in [-0.2, 0) is 6.61 Å². The number of rotatable bonds is 3. The van der Waals surface area contributed by atoms with E-state index in [1.54, 1.807) is 13.0 Å². The molecule has 2 rings (SSSR count). The molecule has 0 aliphatic heterocycles. The van der Waals surface area contributed by atoms with Crippen molar-refractivity contribution in [2.24, 2.45) is 0 Å². The van der Waals surface area contributed by atoms with E-state index in [1.807, 2.05) is 0 Å². The van der Waals surface area contributed by atoms with Gasteiger partial charge in [0.05, 0.1) is 6.61 Å². The highest BCUT2D eigenvalue weighted by molar-refractivity contribution is 5.34. The molecule has 0 saturated heterocycles. The van der Waals surface area contributed by atoms with Gasteiger partial charge in [-0.15, -0.1) is 0 Å². The Kier molecular flexibility index (Phi) is 3.53. The number of benzene rings is 1. The Morgan fingerprint density at radius 3 is 2.72 bits per heavy atom. The molecule has 0 saturated carbocycles. The minimum Gasteiger partial charge on any atom is -0.436 e. The standard InChI is InChI=1S/C13H11F2NO2/c1-8-4-9(7-17)6-16-13(8)18-12-5-10(14)2-3-11(12)15/h2-6,17H,7H2,1H3. The minimum absolute atomic E-state index is 0.136. The van der Waals surface area contributed by atoms with E-state index in [1.165, 1.54) is 6.20 Å². The van der Waals surface area contributed by atoms with Crippen LogP contribution < -0.4 is 4.74 Å². The first-order valence-corrected chi connectivity index (χ1v) is 5.29. The molecule has 1 heterocycles. The third-order valence-corrected chi connectivity index (χ3v) is 2.37. The fraction of sp³-hybridized carbons (Fsp3) is 0.154. The van der Waals surface area contributed by atoms with Crippen molar-refractivity contribution in [3.63, 3.8) is 0 Å². The molecular formula is C13H11F2NO2. The van der Waals surface area contributed by atoms with Crippen LogP contribution in [0.4, 0.5) is 8.78 Å². The lowest BCUT2D eigenvalue weighted by Crippen LogP contribution is -1.96. The number of aliphatic hydroxyl groups excluding tert-OH is 1. The van der Waals surface area contributed by atoms with E-state index in [0.717, 1.165) is 18.2 Å². The molecule has 94 valence electrons. The molecule has 0 spiro atoms. The molecule has 0 fully saturated rings. The molecule has 18 heavy (non-hydrogen) atoms. The van der Waals surface area contributed by atoms with Gasteiger partial charge in [0, 0.05) is 17.8 Å². The molecule has 5 heteroatoms. The molecule has 0 amide bonds. The number of pyridine rings is 1. The highest BCUT2D eigenvalue weighted by Crippen LogP contribution is 2.26. The number of nitrogens with zero attached hydrogens (tertiary/aromatic N) is 1. The van der Waals surface area contributed by atoms with Gasteiger partial charge in [-0.25, -0.2) is 13.8 Å². The van der Waals surface area contributed by atoms with Gasteiger partial charge in [-0.05, 0) is 30.7 Å². The van der Waals surface area contributed by atoms with E-state index in [4.69, 9.17) is 9.84 Å². The average Bonchev–Trinajstić information content (AvgIpc) is 2.36. The number of hydrogen-bond acceptors (Lipinski definition) is 3. The zero-order chi connectivity index (χ0) is 13.1. The molecule has 1 aromatic heterocycles. The maximum Gasteiger partial charge on any atom is 0.222 e. The van der Waals surface area contributed by atoms with Crippen molar-refractivity contribution in [1.29, 1.82) is 0 Å². The molecule has 0 aliphatic carbocycles. The second-order valence-corrected chi connectivity index (χ2v) is 3.80. The smallest absolute Gasteiger partial charge is 0.222 e. The van der Waals surface area contributed by atoms with Crippen LogP contribution in [0.3, 0.4) is 0 Å². The monoisotopic (exact) mass is 251 g/mol. The first-order chi connectivity index (χ1) is 8.60. The van der Waals surface area contributed by atoms with Gasteiger partial charge in [0.1, 0.15) is 5.82 Å². The van der Waals surface area contributed by atoms with Gasteiger partial charge in [-0.2, -0.15) is 0 Å². The molecule has 3 nitrogen and oxygen atoms in total. The van der Waals surface area contributed by atoms with Crippen molar-refractivity contribution in [2.45, 2.75) is 13.5 Å². The van der Waals surface area contributed by atoms with E-state index >= 15 is 0 Å². The lowest BCUT2D eigenvalue weighted by Gasteiger charge is -2.09. The van der Waals surface area contributed by atoms with Crippen molar-refractivity contribution in [1.82, 2.24) is 4.98 Å². The van der Waals surface area contributed by atoms with Crippen LogP contribution in [0, 0.1) is 18.6 Å². The zero-order valence-electron chi connectivity index (χ0n) is 9.65. The van der Waals surface area contributed by atoms with Crippen LogP contribution in [0.2, 0.25) is 0 Å². The predicted octanol–water partition coefficient (Wildman–Crippen LogP) is 2.95. The first-order valence-electron chi connectivity index (χ1n) is 5.29. The topological polar surface area (TPSA) is 42.4 Å². The van der Waals surface area contributed by atoms with Gasteiger partial charge in [0.25, 0.3) is 0 Å². The van der Waals surface area contributed by atoms with Crippen molar-refractivity contribution in [3.8, 4) is 11.6 Å². The molecule has 0 aliphatic rings. The van der Waals surface area contributed by atoms with E-state index in [0.29, 0.717) is 11.1 Å². The highest BCUT2D eigenvalue weighted by Gasteiger charge is 2.09. The van der Waals surface area contributed by atoms with Crippen LogP contribution >= 0.6 is 0 Å². The summed E-state index contributed by atoms with van der Waals surface area (Å²) in [6.45, 7) is 1.57. The summed E-state index contributed by atoms with van der Waals surface area (Å²) < 4.78 is 31.6. The van der Waals surface area contributed by atoms with Gasteiger partial charge in [-0.3, -0.25) is 0 Å². The second kappa shape index (κ2) is 5.10. The fourth-order valence-electron chi connectivity index (χ4n) is 1.47. The normalized spacial score (nSPS) is 10.4. The minimum atomic E-state index is -0.663. The summed E-state index contributed by atoms with van der Waals surface area (Å²) >= 11 is 0. The molecule has 0 radical (unpaired) electrons. The van der Waals surface area contributed by atoms with Gasteiger partial charge in [0.15, 0.2) is 11.6 Å². The van der Waals surface area contributed by atoms with Crippen molar-refractivity contribution in [3.05, 3.63) is 53.2 Å². The molecule has 1 aromatic carbocycles. The zero-order valence-corrected chi connectivity index (χ0v) is 9.65. The summed E-state index contributed by atoms with van der Waals surface area (Å²) in [5, 5.41) is 8.93. The summed E-state index contributed by atoms with van der Waals surface area (Å²) in [6.07, 6.45) is 1.42. The van der Waals surface area contributed by atoms with E-state index < -0.39 is 11.6 Å². The molecule has 2 aromatic rings. The largest absolute Gasteiger partial charge is 0.436 e. The Morgan fingerprint density at radius 2 is 2.06 bits per heavy atom. The average molecular weight is 251 g/mol. The summed E-state index contributed by atoms with van der Waals surface area (Å²) in [5.41, 5.74) is 1.25. The first kappa shape index (κ1) is 12.4. The summed E-state index contributed by atoms with van der Waals surface area (Å²) in [6, 6.07) is 4.62. The lowest BCUT2D eigenvalue weighted by atomic mass is 10.2. The van der Waals surface area contributed by atoms with Gasteiger partial charge < -0.3 is 9.84 Å². The van der Waals surface area contributed by atoms with Crippen molar-refractivity contribution >= 4 is 0 Å². The van der Waals surface area contributed by atoms with Gasteiger partial charge >= 0.3 is 0 Å². The van der Waals surface area contributed by atoms with E-state index in [2.05, 4.69) is 4.98 Å². The Labute approximate surface area is 103 Å². The molecule has 0 bridgehead atoms. The SMILES string of the molecule is Cc1cc(CO)cnc1Oc1cc(F)ccc1F. The summed E-state index contributed by atoms with van der Waals surface area (Å²) in [7, 11) is 0. The molecule has 1 N–H and O–H groups in total. The van der Waals surface area contributed by atoms with Crippen molar-refractivity contribution < 1.29 is 18.6 Å². The second-order valence-electron chi connectivity index (χ2n) is 3.80. The van der Waals surface area contributed by atoms with Crippen LogP contribution in [0.15, 0.2) is 30.5 Å². The lowest BCUT2D eigenvalue weighted by molar-refractivity contribution is 0.281. The molecule has 0 unspecified atom stereocenters. The number of aliphatic hydroxyl groups is 1. The number of aryl methyl sites for hydroxylation is 1. The van der Waals surface area contributed by atoms with Crippen LogP contribution in [0.5, 0.6) is 11.6 Å². The van der Waals surface area contributed by atoms with Gasteiger partial charge in [0.2, 0.25) is 5.88 Å². The maximum atomic E-state index is 13.4.